The fraction of sp³-hybridized carbons (Fsp3) is 0.312. The van der Waals surface area contributed by atoms with Crippen molar-refractivity contribution < 1.29 is 9.59 Å². The molecule has 2 rings (SSSR count). The predicted octanol–water partition coefficient (Wildman–Crippen LogP) is 6.23. The molecule has 0 fully saturated rings. The van der Waals surface area contributed by atoms with E-state index in [4.69, 9.17) is 0 Å². The topological polar surface area (TPSA) is 46.5 Å². The van der Waals surface area contributed by atoms with E-state index in [1.807, 2.05) is 13.0 Å². The maximum atomic E-state index is 12.6. The molecule has 0 aromatic heterocycles. The first-order valence-electron chi connectivity index (χ1n) is 6.79. The molecule has 0 unspecified atom stereocenters. The van der Waals surface area contributed by atoms with Crippen LogP contribution in [-0.4, -0.2) is 23.9 Å². The van der Waals surface area contributed by atoms with Gasteiger partial charge in [0, 0.05) is 10.0 Å². The van der Waals surface area contributed by atoms with Crippen LogP contribution in [0.25, 0.3) is 0 Å². The number of alkyl halides is 4. The van der Waals surface area contributed by atoms with Gasteiger partial charge in [-0.3, -0.25) is 9.59 Å². The molecular weight excluding hydrogens is 638 g/mol. The molecule has 1 aromatic rings. The summed E-state index contributed by atoms with van der Waals surface area (Å²) in [5.41, 5.74) is 3.13. The van der Waals surface area contributed by atoms with Crippen LogP contribution in [0.15, 0.2) is 38.8 Å². The molecule has 128 valence electrons. The van der Waals surface area contributed by atoms with E-state index in [1.165, 1.54) is 0 Å². The Kier molecular flexibility index (Phi) is 6.18. The number of benzene rings is 1. The van der Waals surface area contributed by atoms with E-state index in [0.29, 0.717) is 22.4 Å². The molecule has 0 radical (unpaired) electrons. The van der Waals surface area contributed by atoms with Gasteiger partial charge in [0.1, 0.15) is 0 Å². The minimum Gasteiger partial charge on any atom is -0.292 e. The van der Waals surface area contributed by atoms with Gasteiger partial charge in [-0.1, -0.05) is 85.7 Å². The first kappa shape index (κ1) is 20.7. The Morgan fingerprint density at radius 1 is 1.00 bits per heavy atom. The summed E-state index contributed by atoms with van der Waals surface area (Å²) < 4.78 is -1.37. The molecule has 0 heterocycles. The van der Waals surface area contributed by atoms with E-state index in [9.17, 15) is 9.59 Å². The molecule has 24 heavy (non-hydrogen) atoms. The molecule has 1 aliphatic carbocycles. The third-order valence-electron chi connectivity index (χ3n) is 3.87. The highest BCUT2D eigenvalue weighted by atomic mass is 79.9. The number of rotatable bonds is 1. The number of aryl methyl sites for hydroxylation is 1. The van der Waals surface area contributed by atoms with Crippen molar-refractivity contribution in [1.82, 2.24) is 0 Å². The average molecular weight is 650 g/mol. The molecule has 0 saturated heterocycles. The van der Waals surface area contributed by atoms with Crippen LogP contribution in [0.4, 0.5) is 0 Å². The van der Waals surface area contributed by atoms with E-state index in [-0.39, 0.29) is 11.7 Å². The smallest absolute Gasteiger partial charge is 0.277 e. The van der Waals surface area contributed by atoms with Crippen LogP contribution in [0.1, 0.15) is 29.8 Å². The van der Waals surface area contributed by atoms with Crippen molar-refractivity contribution >= 4 is 97.1 Å². The number of hydrogen-bond donors (Lipinski definition) is 0. The monoisotopic (exact) mass is 645 g/mol. The Balaban J connectivity index is 2.59. The van der Waals surface area contributed by atoms with Gasteiger partial charge >= 0.3 is 0 Å². The number of Topliss-reactive ketones (excluding diaryl/α,β-unsaturated/α-hetero) is 1. The molecule has 3 nitrogen and oxygen atoms in total. The summed E-state index contributed by atoms with van der Waals surface area (Å²) in [7, 11) is 0. The lowest BCUT2D eigenvalue weighted by molar-refractivity contribution is -0.115. The second-order valence-corrected chi connectivity index (χ2v) is 13.2. The highest BCUT2D eigenvalue weighted by molar-refractivity contribution is 9.31. The Bertz CT molecular complexity index is 809. The summed E-state index contributed by atoms with van der Waals surface area (Å²) in [5.74, 6) is -0.524. The molecule has 0 saturated carbocycles. The van der Waals surface area contributed by atoms with Crippen molar-refractivity contribution in [2.45, 2.75) is 27.2 Å². The molecule has 0 N–H and O–H groups in total. The van der Waals surface area contributed by atoms with Crippen LogP contribution >= 0.6 is 79.6 Å². The van der Waals surface area contributed by atoms with Crippen molar-refractivity contribution in [2.24, 2.45) is 4.99 Å². The standard InChI is InChI=1S/C16H12Br5NO2/c1-7-4-5-10(6-11(7)17)14(24)22-12-8(2)9(3)13(23)16(20,21)15(12,18)19/h4-6H,1-3H3. The summed E-state index contributed by atoms with van der Waals surface area (Å²) >= 11 is 17.2. The van der Waals surface area contributed by atoms with Gasteiger partial charge in [0.15, 0.2) is 12.3 Å². The molecule has 0 spiro atoms. The number of carbonyl (C=O) groups excluding carboxylic acids is 2. The van der Waals surface area contributed by atoms with Gasteiger partial charge in [-0.05, 0) is 49.6 Å². The van der Waals surface area contributed by atoms with Crippen LogP contribution in [0.3, 0.4) is 0 Å². The van der Waals surface area contributed by atoms with Crippen LogP contribution < -0.4 is 0 Å². The molecule has 1 aliphatic rings. The Morgan fingerprint density at radius 2 is 1.58 bits per heavy atom. The predicted molar refractivity (Wildman–Crippen MR) is 115 cm³/mol. The molecule has 0 bridgehead atoms. The zero-order chi connectivity index (χ0) is 18.4. The van der Waals surface area contributed by atoms with Crippen LogP contribution in [0.5, 0.6) is 0 Å². The second kappa shape index (κ2) is 7.18. The zero-order valence-electron chi connectivity index (χ0n) is 12.9. The second-order valence-electron chi connectivity index (χ2n) is 5.46. The normalized spacial score (nSPS) is 21.3. The van der Waals surface area contributed by atoms with E-state index >= 15 is 0 Å². The van der Waals surface area contributed by atoms with Crippen molar-refractivity contribution in [3.8, 4) is 0 Å². The average Bonchev–Trinajstić information content (AvgIpc) is 2.51. The largest absolute Gasteiger partial charge is 0.292 e. The van der Waals surface area contributed by atoms with Gasteiger partial charge in [0.25, 0.3) is 5.91 Å². The van der Waals surface area contributed by atoms with Crippen LogP contribution in [0, 0.1) is 6.92 Å². The fourth-order valence-corrected chi connectivity index (χ4v) is 4.64. The minimum atomic E-state index is -1.15. The Labute approximate surface area is 182 Å². The van der Waals surface area contributed by atoms with Crippen molar-refractivity contribution in [3.05, 3.63) is 44.9 Å². The number of hydrogen-bond acceptors (Lipinski definition) is 2. The highest BCUT2D eigenvalue weighted by Crippen LogP contribution is 2.55. The van der Waals surface area contributed by atoms with Gasteiger partial charge in [-0.25, -0.2) is 4.99 Å². The summed E-state index contributed by atoms with van der Waals surface area (Å²) in [6.07, 6.45) is 0. The first-order chi connectivity index (χ1) is 10.9. The lowest BCUT2D eigenvalue weighted by Gasteiger charge is -2.39. The molecule has 0 atom stereocenters. The van der Waals surface area contributed by atoms with E-state index < -0.39 is 6.47 Å². The molecular formula is C16H12Br5NO2. The summed E-state index contributed by atoms with van der Waals surface area (Å²) in [6, 6.07) is 5.32. The molecule has 1 amide bonds. The third-order valence-corrected chi connectivity index (χ3v) is 10.7. The number of amides is 1. The SMILES string of the molecule is CC1=C(C)C(=NC(=O)c2ccc(C)c(Br)c2)C(Br)(Br)C(Br)(Br)C1=O. The van der Waals surface area contributed by atoms with E-state index in [2.05, 4.69) is 84.6 Å². The maximum Gasteiger partial charge on any atom is 0.277 e. The minimum absolute atomic E-state index is 0.141. The number of halogens is 5. The molecule has 1 aromatic carbocycles. The lowest BCUT2D eigenvalue weighted by atomic mass is 9.90. The van der Waals surface area contributed by atoms with Gasteiger partial charge in [-0.2, -0.15) is 0 Å². The summed E-state index contributed by atoms with van der Waals surface area (Å²) in [4.78, 5) is 29.4. The zero-order valence-corrected chi connectivity index (χ0v) is 20.8. The van der Waals surface area contributed by atoms with Crippen molar-refractivity contribution in [3.63, 3.8) is 0 Å². The van der Waals surface area contributed by atoms with Crippen LogP contribution in [0.2, 0.25) is 0 Å². The number of aliphatic imine (C=N–C) groups is 1. The Morgan fingerprint density at radius 3 is 2.12 bits per heavy atom. The molecule has 0 aliphatic heterocycles. The quantitative estimate of drug-likeness (QED) is 0.339. The van der Waals surface area contributed by atoms with Gasteiger partial charge in [0.2, 0.25) is 0 Å². The third kappa shape index (κ3) is 3.46. The molecule has 8 heteroatoms. The van der Waals surface area contributed by atoms with Gasteiger partial charge in [-0.15, -0.1) is 0 Å². The van der Waals surface area contributed by atoms with Crippen LogP contribution in [-0.2, 0) is 4.79 Å². The van der Waals surface area contributed by atoms with Crippen molar-refractivity contribution in [1.29, 1.82) is 0 Å². The first-order valence-corrected chi connectivity index (χ1v) is 10.8. The maximum absolute atomic E-state index is 12.6. The summed E-state index contributed by atoms with van der Waals surface area (Å²) in [5, 5.41) is 0. The number of allylic oxidation sites excluding steroid dienone is 2. The lowest BCUT2D eigenvalue weighted by Crippen LogP contribution is -2.52. The highest BCUT2D eigenvalue weighted by Gasteiger charge is 2.58. The Hall–Kier alpha value is 0.370. The van der Waals surface area contributed by atoms with E-state index in [0.717, 1.165) is 10.0 Å². The number of nitrogens with zero attached hydrogens (tertiary/aromatic N) is 1. The van der Waals surface area contributed by atoms with Crippen molar-refractivity contribution in [2.75, 3.05) is 0 Å². The van der Waals surface area contributed by atoms with Gasteiger partial charge < -0.3 is 0 Å². The van der Waals surface area contributed by atoms with Gasteiger partial charge in [0.05, 0.1) is 5.71 Å². The fourth-order valence-electron chi connectivity index (χ4n) is 2.16. The summed E-state index contributed by atoms with van der Waals surface area (Å²) in [6.45, 7) is 5.43. The van der Waals surface area contributed by atoms with E-state index in [1.54, 1.807) is 26.0 Å². The number of ketones is 1. The number of carbonyl (C=O) groups is 2.